The summed E-state index contributed by atoms with van der Waals surface area (Å²) in [5.74, 6) is 2.67. The number of nitrogens with one attached hydrogen (secondary N) is 1. The van der Waals surface area contributed by atoms with Crippen molar-refractivity contribution < 1.29 is 0 Å². The van der Waals surface area contributed by atoms with Crippen molar-refractivity contribution in [3.05, 3.63) is 132 Å². The van der Waals surface area contributed by atoms with E-state index in [1.807, 2.05) is 60.8 Å². The van der Waals surface area contributed by atoms with Crippen LogP contribution in [0.3, 0.4) is 0 Å². The second-order valence-corrected chi connectivity index (χ2v) is 6.01. The Kier molecular flexibility index (Phi) is 6.82. The highest BCUT2D eigenvalue weighted by atomic mass is 14.9. The lowest BCUT2D eigenvalue weighted by Crippen LogP contribution is -1.89. The summed E-state index contributed by atoms with van der Waals surface area (Å²) < 4.78 is 0. The Morgan fingerprint density at radius 2 is 1.30 bits per heavy atom. The number of nitrogens with zero attached hydrogens (tertiary/aromatic N) is 1. The van der Waals surface area contributed by atoms with Crippen molar-refractivity contribution in [2.45, 2.75) is 6.42 Å². The number of aromatic nitrogens is 2. The molecule has 0 fully saturated rings. The molecular weight excluding hydrogens is 327 g/mol. The van der Waals surface area contributed by atoms with Crippen molar-refractivity contribution in [3.8, 4) is 0 Å². The molecule has 0 aliphatic carbocycles. The van der Waals surface area contributed by atoms with Gasteiger partial charge in [-0.25, -0.2) is 4.98 Å². The second kappa shape index (κ2) is 9.98. The smallest absolute Gasteiger partial charge is 0.110 e. The van der Waals surface area contributed by atoms with Crippen molar-refractivity contribution in [3.63, 3.8) is 0 Å². The largest absolute Gasteiger partial charge is 0.348 e. The molecule has 27 heavy (non-hydrogen) atoms. The molecule has 4 rings (SSSR count). The molecular formula is C24H21BN2. The van der Waals surface area contributed by atoms with E-state index in [0.717, 1.165) is 28.9 Å². The van der Waals surface area contributed by atoms with Crippen LogP contribution in [-0.2, 0) is 6.42 Å². The molecule has 0 unspecified atom stereocenters. The lowest BCUT2D eigenvalue weighted by atomic mass is 9.92. The number of H-pyrrole nitrogens is 1. The van der Waals surface area contributed by atoms with E-state index in [1.54, 1.807) is 12.2 Å². The first kappa shape index (κ1) is 18.5. The minimum atomic E-state index is 0.883. The van der Waals surface area contributed by atoms with Crippen molar-refractivity contribution >= 4 is 13.4 Å². The Hall–Kier alpha value is -3.33. The van der Waals surface area contributed by atoms with E-state index in [1.165, 1.54) is 5.56 Å². The molecule has 4 aromatic rings. The average molecular weight is 348 g/mol. The third-order valence-corrected chi connectivity index (χ3v) is 4.11. The molecule has 0 saturated heterocycles. The van der Waals surface area contributed by atoms with Gasteiger partial charge in [0.2, 0.25) is 0 Å². The lowest BCUT2D eigenvalue weighted by Gasteiger charge is -2.07. The van der Waals surface area contributed by atoms with Gasteiger partial charge in [-0.15, -0.1) is 5.98 Å². The van der Waals surface area contributed by atoms with Gasteiger partial charge in [0.15, 0.2) is 0 Å². The number of hydrogen-bond donors (Lipinski definition) is 1. The van der Waals surface area contributed by atoms with E-state index >= 15 is 0 Å². The molecule has 1 heterocycles. The van der Waals surface area contributed by atoms with Gasteiger partial charge in [-0.1, -0.05) is 91.0 Å². The van der Waals surface area contributed by atoms with Gasteiger partial charge in [-0.05, 0) is 22.3 Å². The Balaban J connectivity index is 0.000000159. The fourth-order valence-corrected chi connectivity index (χ4v) is 2.78. The Morgan fingerprint density at radius 3 is 1.74 bits per heavy atom. The summed E-state index contributed by atoms with van der Waals surface area (Å²) in [6, 6.07) is 30.6. The molecule has 0 aliphatic rings. The SMILES string of the molecule is [B]C=C(c1ccccc1)c1ccccc1.c1ccc(Cc2ncc[nH]2)cc1. The predicted octanol–water partition coefficient (Wildman–Crippen LogP) is 5.24. The predicted molar refractivity (Wildman–Crippen MR) is 114 cm³/mol. The average Bonchev–Trinajstić information content (AvgIpc) is 3.25. The van der Waals surface area contributed by atoms with E-state index in [4.69, 9.17) is 7.85 Å². The number of imidazole rings is 1. The van der Waals surface area contributed by atoms with Gasteiger partial charge in [-0.2, -0.15) is 0 Å². The zero-order chi connectivity index (χ0) is 18.7. The van der Waals surface area contributed by atoms with Gasteiger partial charge >= 0.3 is 0 Å². The van der Waals surface area contributed by atoms with Crippen molar-refractivity contribution in [1.82, 2.24) is 9.97 Å². The molecule has 1 aromatic heterocycles. The molecule has 0 bridgehead atoms. The van der Waals surface area contributed by atoms with Gasteiger partial charge in [0.05, 0.1) is 0 Å². The van der Waals surface area contributed by atoms with Gasteiger partial charge < -0.3 is 4.98 Å². The third kappa shape index (κ3) is 5.58. The third-order valence-electron chi connectivity index (χ3n) is 4.11. The molecule has 2 nitrogen and oxygen atoms in total. The van der Waals surface area contributed by atoms with Crippen LogP contribution in [0.5, 0.6) is 0 Å². The molecule has 1 N–H and O–H groups in total. The Labute approximate surface area is 162 Å². The summed E-state index contributed by atoms with van der Waals surface area (Å²) >= 11 is 0. The van der Waals surface area contributed by atoms with Gasteiger partial charge in [0.25, 0.3) is 0 Å². The summed E-state index contributed by atoms with van der Waals surface area (Å²) in [6.07, 6.45) is 4.50. The van der Waals surface area contributed by atoms with Crippen LogP contribution in [0.25, 0.3) is 5.57 Å². The minimum absolute atomic E-state index is 0.883. The van der Waals surface area contributed by atoms with Crippen molar-refractivity contribution in [2.24, 2.45) is 0 Å². The summed E-state index contributed by atoms with van der Waals surface area (Å²) in [6.45, 7) is 0. The first-order chi connectivity index (χ1) is 13.4. The highest BCUT2D eigenvalue weighted by Gasteiger charge is 2.01. The molecule has 2 radical (unpaired) electrons. The summed E-state index contributed by atoms with van der Waals surface area (Å²) in [5.41, 5.74) is 4.64. The number of hydrogen-bond acceptors (Lipinski definition) is 1. The van der Waals surface area contributed by atoms with Crippen LogP contribution in [0.4, 0.5) is 0 Å². The Morgan fingerprint density at radius 1 is 0.778 bits per heavy atom. The molecule has 0 saturated carbocycles. The number of aromatic amines is 1. The normalized spacial score (nSPS) is 9.78. The minimum Gasteiger partial charge on any atom is -0.348 e. The summed E-state index contributed by atoms with van der Waals surface area (Å²) in [7, 11) is 5.67. The fourth-order valence-electron chi connectivity index (χ4n) is 2.78. The Bertz CT molecular complexity index is 890. The molecule has 130 valence electrons. The van der Waals surface area contributed by atoms with E-state index in [0.29, 0.717) is 0 Å². The van der Waals surface area contributed by atoms with Crippen LogP contribution < -0.4 is 0 Å². The maximum absolute atomic E-state index is 5.67. The van der Waals surface area contributed by atoms with Crippen molar-refractivity contribution in [1.29, 1.82) is 0 Å². The molecule has 0 aliphatic heterocycles. The maximum Gasteiger partial charge on any atom is 0.110 e. The first-order valence-corrected chi connectivity index (χ1v) is 8.91. The van der Waals surface area contributed by atoms with Crippen LogP contribution in [0.1, 0.15) is 22.5 Å². The zero-order valence-corrected chi connectivity index (χ0v) is 15.1. The van der Waals surface area contributed by atoms with Crippen LogP contribution >= 0.6 is 0 Å². The lowest BCUT2D eigenvalue weighted by molar-refractivity contribution is 1.03. The molecule has 3 aromatic carbocycles. The van der Waals surface area contributed by atoms with E-state index < -0.39 is 0 Å². The fraction of sp³-hybridized carbons (Fsp3) is 0.0417. The highest BCUT2D eigenvalue weighted by molar-refractivity contribution is 6.21. The van der Waals surface area contributed by atoms with E-state index in [9.17, 15) is 0 Å². The zero-order valence-electron chi connectivity index (χ0n) is 15.1. The molecule has 0 atom stereocenters. The van der Waals surface area contributed by atoms with Gasteiger partial charge in [0.1, 0.15) is 13.7 Å². The quantitative estimate of drug-likeness (QED) is 0.502. The summed E-state index contributed by atoms with van der Waals surface area (Å²) in [5, 5.41) is 0. The standard InChI is InChI=1S/C14H11B.C10H10N2/c15-11-14(12-7-3-1-4-8-12)13-9-5-2-6-10-13;1-2-4-9(5-3-1)8-10-11-6-7-12-10/h1-11H;1-7H,8H2,(H,11,12). The molecule has 3 heteroatoms. The maximum atomic E-state index is 5.67. The van der Waals surface area contributed by atoms with Crippen molar-refractivity contribution in [2.75, 3.05) is 0 Å². The topological polar surface area (TPSA) is 28.7 Å². The van der Waals surface area contributed by atoms with Crippen LogP contribution in [0, 0.1) is 0 Å². The molecule has 0 amide bonds. The first-order valence-electron chi connectivity index (χ1n) is 8.91. The van der Waals surface area contributed by atoms with Crippen LogP contribution in [-0.4, -0.2) is 17.8 Å². The van der Waals surface area contributed by atoms with Gasteiger partial charge in [-0.3, -0.25) is 0 Å². The van der Waals surface area contributed by atoms with Crippen LogP contribution in [0.2, 0.25) is 0 Å². The second-order valence-electron chi connectivity index (χ2n) is 6.01. The number of rotatable bonds is 4. The van der Waals surface area contributed by atoms with Crippen LogP contribution in [0.15, 0.2) is 109 Å². The molecule has 0 spiro atoms. The van der Waals surface area contributed by atoms with E-state index in [2.05, 4.69) is 46.4 Å². The van der Waals surface area contributed by atoms with E-state index in [-0.39, 0.29) is 0 Å². The highest BCUT2D eigenvalue weighted by Crippen LogP contribution is 2.21. The summed E-state index contributed by atoms with van der Waals surface area (Å²) in [4.78, 5) is 7.23. The monoisotopic (exact) mass is 348 g/mol. The van der Waals surface area contributed by atoms with Gasteiger partial charge in [0, 0.05) is 18.8 Å². The number of benzene rings is 3.